The van der Waals surface area contributed by atoms with Gasteiger partial charge >= 0.3 is 6.18 Å². The molecule has 0 N–H and O–H groups in total. The summed E-state index contributed by atoms with van der Waals surface area (Å²) >= 11 is 0. The molecule has 0 aromatic heterocycles. The third-order valence-electron chi connectivity index (χ3n) is 2.84. The van der Waals surface area contributed by atoms with Crippen LogP contribution in [0.15, 0.2) is 11.8 Å². The van der Waals surface area contributed by atoms with Crippen molar-refractivity contribution in [1.29, 1.82) is 0 Å². The highest BCUT2D eigenvalue weighted by molar-refractivity contribution is 5.94. The zero-order chi connectivity index (χ0) is 13.9. The maximum atomic E-state index is 12.1. The number of amides is 1. The van der Waals surface area contributed by atoms with Gasteiger partial charge in [-0.05, 0) is 6.92 Å². The second kappa shape index (κ2) is 5.41. The van der Waals surface area contributed by atoms with Crippen molar-refractivity contribution in [3.05, 3.63) is 11.8 Å². The lowest BCUT2D eigenvalue weighted by atomic mass is 10.2. The maximum Gasteiger partial charge on any atom is 0.454 e. The summed E-state index contributed by atoms with van der Waals surface area (Å²) in [5.41, 5.74) is 0.278. The van der Waals surface area contributed by atoms with E-state index in [-0.39, 0.29) is 11.6 Å². The first-order valence-electron chi connectivity index (χ1n) is 5.51. The van der Waals surface area contributed by atoms with Gasteiger partial charge in [-0.3, -0.25) is 9.59 Å². The number of hydrogen-bond donors (Lipinski definition) is 0. The van der Waals surface area contributed by atoms with Gasteiger partial charge in [0, 0.05) is 44.9 Å². The third kappa shape index (κ3) is 3.75. The van der Waals surface area contributed by atoms with Crippen LogP contribution in [-0.4, -0.2) is 53.8 Å². The SMILES string of the molecule is CC(=O)N1CCN(/C(C)=C/C(=O)C(F)(F)F)CC1. The van der Waals surface area contributed by atoms with Crippen molar-refractivity contribution in [2.45, 2.75) is 20.0 Å². The van der Waals surface area contributed by atoms with E-state index in [4.69, 9.17) is 0 Å². The quantitative estimate of drug-likeness (QED) is 0.703. The fraction of sp³-hybridized carbons (Fsp3) is 0.636. The van der Waals surface area contributed by atoms with E-state index in [9.17, 15) is 22.8 Å². The van der Waals surface area contributed by atoms with Crippen molar-refractivity contribution in [2.24, 2.45) is 0 Å². The van der Waals surface area contributed by atoms with E-state index in [0.717, 1.165) is 0 Å². The Hall–Kier alpha value is -1.53. The van der Waals surface area contributed by atoms with Crippen LogP contribution in [-0.2, 0) is 9.59 Å². The fourth-order valence-electron chi connectivity index (χ4n) is 1.74. The van der Waals surface area contributed by atoms with Crippen LogP contribution in [0.4, 0.5) is 13.2 Å². The summed E-state index contributed by atoms with van der Waals surface area (Å²) in [5, 5.41) is 0. The van der Waals surface area contributed by atoms with E-state index in [1.54, 1.807) is 9.80 Å². The van der Waals surface area contributed by atoms with Gasteiger partial charge in [-0.25, -0.2) is 0 Å². The summed E-state index contributed by atoms with van der Waals surface area (Å²) in [4.78, 5) is 25.2. The molecule has 0 aliphatic carbocycles. The molecule has 0 unspecified atom stereocenters. The van der Waals surface area contributed by atoms with Crippen molar-refractivity contribution < 1.29 is 22.8 Å². The Bertz CT molecular complexity index is 369. The van der Waals surface area contributed by atoms with Crippen LogP contribution >= 0.6 is 0 Å². The first kappa shape index (κ1) is 14.5. The summed E-state index contributed by atoms with van der Waals surface area (Å²) in [7, 11) is 0. The molecule has 1 rings (SSSR count). The van der Waals surface area contributed by atoms with Gasteiger partial charge < -0.3 is 9.80 Å². The molecular weight excluding hydrogens is 249 g/mol. The standard InChI is InChI=1S/C11H15F3N2O2/c1-8(7-10(18)11(12,13)14)15-3-5-16(6-4-15)9(2)17/h7H,3-6H2,1-2H3/b8-7+. The van der Waals surface area contributed by atoms with E-state index < -0.39 is 12.0 Å². The van der Waals surface area contributed by atoms with Crippen LogP contribution in [0.1, 0.15) is 13.8 Å². The Morgan fingerprint density at radius 2 is 1.44 bits per heavy atom. The van der Waals surface area contributed by atoms with Crippen LogP contribution in [0.25, 0.3) is 0 Å². The third-order valence-corrected chi connectivity index (χ3v) is 2.84. The van der Waals surface area contributed by atoms with Gasteiger partial charge in [-0.15, -0.1) is 0 Å². The lowest BCUT2D eigenvalue weighted by Crippen LogP contribution is -2.47. The molecular formula is C11H15F3N2O2. The van der Waals surface area contributed by atoms with Gasteiger partial charge in [0.05, 0.1) is 0 Å². The Balaban J connectivity index is 2.60. The number of rotatable bonds is 2. The molecule has 1 amide bonds. The summed E-state index contributed by atoms with van der Waals surface area (Å²) in [5.74, 6) is -1.91. The number of carbonyl (C=O) groups is 2. The number of allylic oxidation sites excluding steroid dienone is 2. The first-order chi connectivity index (χ1) is 8.21. The molecule has 0 atom stereocenters. The maximum absolute atomic E-state index is 12.1. The van der Waals surface area contributed by atoms with Gasteiger partial charge in [-0.1, -0.05) is 0 Å². The summed E-state index contributed by atoms with van der Waals surface area (Å²) < 4.78 is 36.2. The number of alkyl halides is 3. The van der Waals surface area contributed by atoms with E-state index in [1.807, 2.05) is 0 Å². The molecule has 4 nitrogen and oxygen atoms in total. The topological polar surface area (TPSA) is 40.6 Å². The predicted octanol–water partition coefficient (Wildman–Crippen LogP) is 1.19. The lowest BCUT2D eigenvalue weighted by Gasteiger charge is -2.36. The highest BCUT2D eigenvalue weighted by Gasteiger charge is 2.36. The average molecular weight is 264 g/mol. The molecule has 1 aliphatic heterocycles. The Morgan fingerprint density at radius 3 is 1.83 bits per heavy atom. The van der Waals surface area contributed by atoms with Crippen LogP contribution in [0.5, 0.6) is 0 Å². The molecule has 0 bridgehead atoms. The summed E-state index contributed by atoms with van der Waals surface area (Å²) in [6, 6.07) is 0. The lowest BCUT2D eigenvalue weighted by molar-refractivity contribution is -0.165. The highest BCUT2D eigenvalue weighted by Crippen LogP contribution is 2.18. The zero-order valence-electron chi connectivity index (χ0n) is 10.3. The van der Waals surface area contributed by atoms with Crippen molar-refractivity contribution >= 4 is 11.7 Å². The molecule has 7 heteroatoms. The number of ketones is 1. The zero-order valence-corrected chi connectivity index (χ0v) is 10.3. The van der Waals surface area contributed by atoms with Gasteiger partial charge in [0.15, 0.2) is 0 Å². The molecule has 0 aromatic rings. The molecule has 0 radical (unpaired) electrons. The number of carbonyl (C=O) groups excluding carboxylic acids is 2. The predicted molar refractivity (Wildman–Crippen MR) is 58.6 cm³/mol. The molecule has 102 valence electrons. The minimum Gasteiger partial charge on any atom is -0.371 e. The average Bonchev–Trinajstić information content (AvgIpc) is 2.27. The number of piperazine rings is 1. The Kier molecular flexibility index (Phi) is 4.37. The van der Waals surface area contributed by atoms with Crippen molar-refractivity contribution in [3.63, 3.8) is 0 Å². The van der Waals surface area contributed by atoms with Gasteiger partial charge in [0.2, 0.25) is 5.91 Å². The normalized spacial score (nSPS) is 17.9. The smallest absolute Gasteiger partial charge is 0.371 e. The van der Waals surface area contributed by atoms with E-state index in [1.165, 1.54) is 13.8 Å². The molecule has 1 fully saturated rings. The fourth-order valence-corrected chi connectivity index (χ4v) is 1.74. The van der Waals surface area contributed by atoms with E-state index in [0.29, 0.717) is 32.3 Å². The number of nitrogens with zero attached hydrogens (tertiary/aromatic N) is 2. The van der Waals surface area contributed by atoms with E-state index in [2.05, 4.69) is 0 Å². The van der Waals surface area contributed by atoms with Crippen LogP contribution in [0, 0.1) is 0 Å². The second-order valence-corrected chi connectivity index (χ2v) is 4.14. The largest absolute Gasteiger partial charge is 0.454 e. The van der Waals surface area contributed by atoms with Gasteiger partial charge in [0.1, 0.15) is 0 Å². The molecule has 0 aromatic carbocycles. The Morgan fingerprint density at radius 1 is 1.00 bits per heavy atom. The first-order valence-corrected chi connectivity index (χ1v) is 5.51. The Labute approximate surface area is 103 Å². The minimum atomic E-state index is -4.83. The van der Waals surface area contributed by atoms with Crippen molar-refractivity contribution in [1.82, 2.24) is 9.80 Å². The molecule has 0 saturated carbocycles. The molecule has 1 aliphatic rings. The van der Waals surface area contributed by atoms with Gasteiger partial charge in [-0.2, -0.15) is 13.2 Å². The van der Waals surface area contributed by atoms with Crippen LogP contribution < -0.4 is 0 Å². The number of hydrogen-bond acceptors (Lipinski definition) is 3. The highest BCUT2D eigenvalue weighted by atomic mass is 19.4. The summed E-state index contributed by atoms with van der Waals surface area (Å²) in [6.45, 7) is 4.71. The van der Waals surface area contributed by atoms with E-state index >= 15 is 0 Å². The van der Waals surface area contributed by atoms with Crippen LogP contribution in [0.2, 0.25) is 0 Å². The van der Waals surface area contributed by atoms with Crippen molar-refractivity contribution in [3.8, 4) is 0 Å². The minimum absolute atomic E-state index is 0.0531. The van der Waals surface area contributed by atoms with Gasteiger partial charge in [0.25, 0.3) is 5.78 Å². The van der Waals surface area contributed by atoms with Crippen LogP contribution in [0.3, 0.4) is 0 Å². The molecule has 1 saturated heterocycles. The number of halogens is 3. The monoisotopic (exact) mass is 264 g/mol. The molecule has 0 spiro atoms. The molecule has 18 heavy (non-hydrogen) atoms. The molecule has 1 heterocycles. The second-order valence-electron chi connectivity index (χ2n) is 4.14. The summed E-state index contributed by atoms with van der Waals surface area (Å²) in [6.07, 6.45) is -4.23. The van der Waals surface area contributed by atoms with Crippen molar-refractivity contribution in [2.75, 3.05) is 26.2 Å².